The van der Waals surface area contributed by atoms with Gasteiger partial charge in [-0.05, 0) is 37.1 Å². The van der Waals surface area contributed by atoms with Crippen LogP contribution in [0.25, 0.3) is 0 Å². The van der Waals surface area contributed by atoms with E-state index in [0.717, 1.165) is 30.4 Å². The molecule has 0 aromatic heterocycles. The van der Waals surface area contributed by atoms with Crippen LogP contribution in [0.3, 0.4) is 0 Å². The lowest BCUT2D eigenvalue weighted by Gasteiger charge is -2.29. The number of carbonyl (C=O) groups excluding carboxylic acids is 2. The average molecular weight is 403 g/mol. The van der Waals surface area contributed by atoms with E-state index in [4.69, 9.17) is 0 Å². The van der Waals surface area contributed by atoms with E-state index in [1.54, 1.807) is 17.0 Å². The lowest BCUT2D eigenvalue weighted by Crippen LogP contribution is -2.51. The number of nitrogens with one attached hydrogen (secondary N) is 2. The average Bonchev–Trinajstić information content (AvgIpc) is 2.95. The van der Waals surface area contributed by atoms with Gasteiger partial charge >= 0.3 is 0 Å². The third-order valence-corrected chi connectivity index (χ3v) is 4.87. The van der Waals surface area contributed by atoms with Gasteiger partial charge in [-0.2, -0.15) is 0 Å². The van der Waals surface area contributed by atoms with Crippen molar-refractivity contribution in [1.82, 2.24) is 15.5 Å². The molecular formula is C16H21BrClN3O2. The highest BCUT2D eigenvalue weighted by atomic mass is 79.9. The monoisotopic (exact) mass is 401 g/mol. The summed E-state index contributed by atoms with van der Waals surface area (Å²) in [6.45, 7) is 3.28. The van der Waals surface area contributed by atoms with Crippen molar-refractivity contribution < 1.29 is 9.59 Å². The molecule has 0 bridgehead atoms. The second kappa shape index (κ2) is 8.13. The maximum absolute atomic E-state index is 12.6. The van der Waals surface area contributed by atoms with Gasteiger partial charge in [-0.15, -0.1) is 12.4 Å². The molecule has 126 valence electrons. The SMILES string of the molecule is Cl.O=C(NCC1CNC1)C1CCCN1C(=O)c1ccc(Br)cc1. The number of likely N-dealkylation sites (tertiary alicyclic amines) is 1. The zero-order chi connectivity index (χ0) is 15.5. The van der Waals surface area contributed by atoms with Gasteiger partial charge in [-0.3, -0.25) is 9.59 Å². The minimum absolute atomic E-state index is 0. The molecule has 2 amide bonds. The number of hydrogen-bond donors (Lipinski definition) is 2. The quantitative estimate of drug-likeness (QED) is 0.807. The minimum Gasteiger partial charge on any atom is -0.354 e. The first-order valence-electron chi connectivity index (χ1n) is 7.70. The Morgan fingerprint density at radius 2 is 1.96 bits per heavy atom. The summed E-state index contributed by atoms with van der Waals surface area (Å²) in [7, 11) is 0. The Kier molecular flexibility index (Phi) is 6.44. The Morgan fingerprint density at radius 1 is 1.26 bits per heavy atom. The van der Waals surface area contributed by atoms with E-state index >= 15 is 0 Å². The topological polar surface area (TPSA) is 61.4 Å². The van der Waals surface area contributed by atoms with Crippen LogP contribution in [0.4, 0.5) is 0 Å². The molecule has 5 nitrogen and oxygen atoms in total. The van der Waals surface area contributed by atoms with E-state index in [2.05, 4.69) is 26.6 Å². The largest absolute Gasteiger partial charge is 0.354 e. The first-order valence-corrected chi connectivity index (χ1v) is 8.49. The highest BCUT2D eigenvalue weighted by molar-refractivity contribution is 9.10. The Morgan fingerprint density at radius 3 is 2.57 bits per heavy atom. The van der Waals surface area contributed by atoms with Crippen molar-refractivity contribution in [3.63, 3.8) is 0 Å². The number of rotatable bonds is 4. The summed E-state index contributed by atoms with van der Waals surface area (Å²) < 4.78 is 0.939. The van der Waals surface area contributed by atoms with Gasteiger partial charge in [0.1, 0.15) is 6.04 Å². The minimum atomic E-state index is -0.329. The normalized spacial score (nSPS) is 20.6. The van der Waals surface area contributed by atoms with Crippen molar-refractivity contribution in [1.29, 1.82) is 0 Å². The van der Waals surface area contributed by atoms with Crippen LogP contribution in [0.2, 0.25) is 0 Å². The molecular weight excluding hydrogens is 382 g/mol. The highest BCUT2D eigenvalue weighted by Crippen LogP contribution is 2.21. The second-order valence-electron chi connectivity index (χ2n) is 5.93. The lowest BCUT2D eigenvalue weighted by atomic mass is 10.0. The van der Waals surface area contributed by atoms with Crippen LogP contribution in [0, 0.1) is 5.92 Å². The summed E-state index contributed by atoms with van der Waals surface area (Å²) in [5.41, 5.74) is 0.631. The molecule has 2 saturated heterocycles. The van der Waals surface area contributed by atoms with Gasteiger partial charge in [0.2, 0.25) is 5.91 Å². The Balaban J connectivity index is 0.00000192. The number of nitrogens with zero attached hydrogens (tertiary/aromatic N) is 1. The fraction of sp³-hybridized carbons (Fsp3) is 0.500. The highest BCUT2D eigenvalue weighted by Gasteiger charge is 2.34. The summed E-state index contributed by atoms with van der Waals surface area (Å²) in [6.07, 6.45) is 1.63. The predicted molar refractivity (Wildman–Crippen MR) is 94.8 cm³/mol. The Bertz CT molecular complexity index is 563. The molecule has 2 aliphatic rings. The van der Waals surface area contributed by atoms with Gasteiger partial charge in [0.25, 0.3) is 5.91 Å². The standard InChI is InChI=1S/C16H20BrN3O2.ClH/c17-13-5-3-12(4-6-13)16(22)20-7-1-2-14(20)15(21)19-10-11-8-18-9-11;/h3-6,11,14,18H,1-2,7-10H2,(H,19,21);1H. The van der Waals surface area contributed by atoms with Gasteiger partial charge in [0.05, 0.1) is 0 Å². The molecule has 0 spiro atoms. The maximum atomic E-state index is 12.6. The Labute approximate surface area is 150 Å². The molecule has 2 N–H and O–H groups in total. The molecule has 1 aromatic rings. The van der Waals surface area contributed by atoms with Crippen molar-refractivity contribution in [3.05, 3.63) is 34.3 Å². The van der Waals surface area contributed by atoms with E-state index in [9.17, 15) is 9.59 Å². The van der Waals surface area contributed by atoms with Gasteiger partial charge in [-0.1, -0.05) is 15.9 Å². The first-order chi connectivity index (χ1) is 10.6. The van der Waals surface area contributed by atoms with Crippen molar-refractivity contribution in [2.24, 2.45) is 5.92 Å². The van der Waals surface area contributed by atoms with E-state index in [1.807, 2.05) is 12.1 Å². The molecule has 3 rings (SSSR count). The van der Waals surface area contributed by atoms with Gasteiger partial charge in [0, 0.05) is 42.1 Å². The van der Waals surface area contributed by atoms with Crippen LogP contribution < -0.4 is 10.6 Å². The van der Waals surface area contributed by atoms with Crippen LogP contribution in [0.1, 0.15) is 23.2 Å². The molecule has 0 saturated carbocycles. The molecule has 2 fully saturated rings. The van der Waals surface area contributed by atoms with E-state index in [1.165, 1.54) is 0 Å². The van der Waals surface area contributed by atoms with Crippen LogP contribution in [0.15, 0.2) is 28.7 Å². The third kappa shape index (κ3) is 4.25. The lowest BCUT2D eigenvalue weighted by molar-refractivity contribution is -0.125. The predicted octanol–water partition coefficient (Wildman–Crippen LogP) is 1.81. The molecule has 1 unspecified atom stereocenters. The van der Waals surface area contributed by atoms with Crippen molar-refractivity contribution in [2.75, 3.05) is 26.2 Å². The van der Waals surface area contributed by atoms with E-state index < -0.39 is 0 Å². The van der Waals surface area contributed by atoms with Crippen LogP contribution in [-0.2, 0) is 4.79 Å². The molecule has 1 aromatic carbocycles. The van der Waals surface area contributed by atoms with Crippen LogP contribution in [0.5, 0.6) is 0 Å². The van der Waals surface area contributed by atoms with Crippen molar-refractivity contribution >= 4 is 40.2 Å². The van der Waals surface area contributed by atoms with Crippen LogP contribution >= 0.6 is 28.3 Å². The number of halogens is 2. The fourth-order valence-electron chi connectivity index (χ4n) is 2.90. The molecule has 0 radical (unpaired) electrons. The fourth-order valence-corrected chi connectivity index (χ4v) is 3.16. The molecule has 1 atom stereocenters. The number of benzene rings is 1. The molecule has 7 heteroatoms. The summed E-state index contributed by atoms with van der Waals surface area (Å²) in [4.78, 5) is 26.7. The molecule has 0 aliphatic carbocycles. The Hall–Kier alpha value is -1.11. The van der Waals surface area contributed by atoms with Gasteiger partial charge in [0.15, 0.2) is 0 Å². The first kappa shape index (κ1) is 18.2. The summed E-state index contributed by atoms with van der Waals surface area (Å²) in [5, 5.41) is 6.18. The van der Waals surface area contributed by atoms with E-state index in [0.29, 0.717) is 24.6 Å². The second-order valence-corrected chi connectivity index (χ2v) is 6.85. The zero-order valence-electron chi connectivity index (χ0n) is 12.8. The summed E-state index contributed by atoms with van der Waals surface area (Å²) in [5.74, 6) is 0.450. The molecule has 23 heavy (non-hydrogen) atoms. The molecule has 2 heterocycles. The summed E-state index contributed by atoms with van der Waals surface area (Å²) >= 11 is 3.37. The number of amides is 2. The number of hydrogen-bond acceptors (Lipinski definition) is 3. The van der Waals surface area contributed by atoms with Crippen molar-refractivity contribution in [3.8, 4) is 0 Å². The van der Waals surface area contributed by atoms with Crippen molar-refractivity contribution in [2.45, 2.75) is 18.9 Å². The third-order valence-electron chi connectivity index (χ3n) is 4.34. The smallest absolute Gasteiger partial charge is 0.254 e. The van der Waals surface area contributed by atoms with Crippen LogP contribution in [-0.4, -0.2) is 48.9 Å². The van der Waals surface area contributed by atoms with Gasteiger partial charge in [-0.25, -0.2) is 0 Å². The summed E-state index contributed by atoms with van der Waals surface area (Å²) in [6, 6.07) is 6.95. The van der Waals surface area contributed by atoms with E-state index in [-0.39, 0.29) is 30.3 Å². The maximum Gasteiger partial charge on any atom is 0.254 e. The number of carbonyl (C=O) groups is 2. The zero-order valence-corrected chi connectivity index (χ0v) is 15.2. The molecule has 2 aliphatic heterocycles. The van der Waals surface area contributed by atoms with Gasteiger partial charge < -0.3 is 15.5 Å².